The molecular formula is C20H21ClN2O2. The molecule has 2 aromatic carbocycles. The summed E-state index contributed by atoms with van der Waals surface area (Å²) in [4.78, 5) is 26.9. The molecule has 5 heteroatoms. The summed E-state index contributed by atoms with van der Waals surface area (Å²) in [5, 5.41) is 3.47. The van der Waals surface area contributed by atoms with E-state index < -0.39 is 5.92 Å². The zero-order valence-electron chi connectivity index (χ0n) is 14.4. The standard InChI is InChI=1S/C20H21ClN2O2/c1-3-14-4-7-16(8-5-14)23-11-10-17(20(23)25)19(24)22-18-9-6-15(21)12-13(18)2/h4-9,12,17H,3,10-11H2,1-2H3,(H,22,24). The Morgan fingerprint density at radius 2 is 1.96 bits per heavy atom. The molecule has 4 nitrogen and oxygen atoms in total. The number of hydrogen-bond acceptors (Lipinski definition) is 2. The molecule has 1 saturated heterocycles. The van der Waals surface area contributed by atoms with Crippen molar-refractivity contribution in [1.82, 2.24) is 0 Å². The molecule has 1 heterocycles. The molecule has 1 N–H and O–H groups in total. The molecule has 1 unspecified atom stereocenters. The lowest BCUT2D eigenvalue weighted by atomic mass is 10.1. The highest BCUT2D eigenvalue weighted by atomic mass is 35.5. The van der Waals surface area contributed by atoms with Gasteiger partial charge in [0.1, 0.15) is 5.92 Å². The molecule has 0 saturated carbocycles. The minimum atomic E-state index is -0.652. The molecule has 25 heavy (non-hydrogen) atoms. The van der Waals surface area contributed by atoms with E-state index in [2.05, 4.69) is 12.2 Å². The molecule has 0 spiro atoms. The Labute approximate surface area is 152 Å². The smallest absolute Gasteiger partial charge is 0.239 e. The van der Waals surface area contributed by atoms with Crippen LogP contribution in [-0.4, -0.2) is 18.4 Å². The van der Waals surface area contributed by atoms with Gasteiger partial charge < -0.3 is 10.2 Å². The molecule has 0 aromatic heterocycles. The maximum atomic E-state index is 12.7. The summed E-state index contributed by atoms with van der Waals surface area (Å²) < 4.78 is 0. The van der Waals surface area contributed by atoms with Crippen LogP contribution in [0, 0.1) is 12.8 Å². The number of halogens is 1. The van der Waals surface area contributed by atoms with Crippen LogP contribution in [0.5, 0.6) is 0 Å². The lowest BCUT2D eigenvalue weighted by molar-refractivity contribution is -0.129. The second kappa shape index (κ2) is 7.28. The zero-order valence-corrected chi connectivity index (χ0v) is 15.1. The van der Waals surface area contributed by atoms with Gasteiger partial charge in [-0.15, -0.1) is 0 Å². The van der Waals surface area contributed by atoms with Crippen molar-refractivity contribution in [3.63, 3.8) is 0 Å². The van der Waals surface area contributed by atoms with Crippen LogP contribution in [0.15, 0.2) is 42.5 Å². The molecule has 2 aromatic rings. The van der Waals surface area contributed by atoms with Crippen molar-refractivity contribution in [1.29, 1.82) is 0 Å². The topological polar surface area (TPSA) is 49.4 Å². The highest BCUT2D eigenvalue weighted by molar-refractivity contribution is 6.30. The van der Waals surface area contributed by atoms with Crippen molar-refractivity contribution < 1.29 is 9.59 Å². The van der Waals surface area contributed by atoms with Gasteiger partial charge >= 0.3 is 0 Å². The first-order valence-electron chi connectivity index (χ1n) is 8.47. The van der Waals surface area contributed by atoms with Crippen molar-refractivity contribution in [3.05, 3.63) is 58.6 Å². The lowest BCUT2D eigenvalue weighted by Crippen LogP contribution is -2.33. The van der Waals surface area contributed by atoms with Crippen LogP contribution in [0.1, 0.15) is 24.5 Å². The van der Waals surface area contributed by atoms with Gasteiger partial charge in [-0.25, -0.2) is 0 Å². The Morgan fingerprint density at radius 3 is 2.60 bits per heavy atom. The maximum Gasteiger partial charge on any atom is 0.239 e. The number of nitrogens with zero attached hydrogens (tertiary/aromatic N) is 1. The van der Waals surface area contributed by atoms with Crippen molar-refractivity contribution >= 4 is 34.8 Å². The Kier molecular flexibility index (Phi) is 5.09. The minimum absolute atomic E-state index is 0.145. The van der Waals surface area contributed by atoms with Crippen molar-refractivity contribution in [3.8, 4) is 0 Å². The first kappa shape index (κ1) is 17.5. The number of aryl methyl sites for hydroxylation is 2. The van der Waals surface area contributed by atoms with E-state index >= 15 is 0 Å². The van der Waals surface area contributed by atoms with E-state index in [1.807, 2.05) is 31.2 Å². The summed E-state index contributed by atoms with van der Waals surface area (Å²) in [7, 11) is 0. The van der Waals surface area contributed by atoms with Crippen LogP contribution in [-0.2, 0) is 16.0 Å². The first-order valence-corrected chi connectivity index (χ1v) is 8.84. The van der Waals surface area contributed by atoms with Gasteiger partial charge in [-0.05, 0) is 61.2 Å². The summed E-state index contributed by atoms with van der Waals surface area (Å²) in [6.45, 7) is 4.52. The Bertz CT molecular complexity index is 802. The molecule has 130 valence electrons. The number of carbonyl (C=O) groups is 2. The van der Waals surface area contributed by atoms with Gasteiger partial charge in [0.25, 0.3) is 0 Å². The molecular weight excluding hydrogens is 336 g/mol. The van der Waals surface area contributed by atoms with Gasteiger partial charge in [-0.3, -0.25) is 9.59 Å². The van der Waals surface area contributed by atoms with Crippen LogP contribution in [0.4, 0.5) is 11.4 Å². The van der Waals surface area contributed by atoms with Gasteiger partial charge in [0.05, 0.1) is 0 Å². The normalized spacial score (nSPS) is 17.0. The molecule has 1 aliphatic rings. The molecule has 1 atom stereocenters. The molecule has 0 bridgehead atoms. The number of benzene rings is 2. The number of hydrogen-bond donors (Lipinski definition) is 1. The van der Waals surface area contributed by atoms with Gasteiger partial charge in [0, 0.05) is 22.9 Å². The quantitative estimate of drug-likeness (QED) is 0.834. The van der Waals surface area contributed by atoms with Crippen molar-refractivity contribution in [2.75, 3.05) is 16.8 Å². The number of carbonyl (C=O) groups excluding carboxylic acids is 2. The Balaban J connectivity index is 1.71. The summed E-state index contributed by atoms with van der Waals surface area (Å²) in [6.07, 6.45) is 1.48. The molecule has 1 aliphatic heterocycles. The summed E-state index contributed by atoms with van der Waals surface area (Å²) in [6, 6.07) is 13.2. The van der Waals surface area contributed by atoms with Gasteiger partial charge in [0.2, 0.25) is 11.8 Å². The third-order valence-electron chi connectivity index (χ3n) is 4.62. The van der Waals surface area contributed by atoms with E-state index in [0.717, 1.165) is 17.7 Å². The van der Waals surface area contributed by atoms with Crippen LogP contribution < -0.4 is 10.2 Å². The fourth-order valence-corrected chi connectivity index (χ4v) is 3.30. The Hall–Kier alpha value is -2.33. The highest BCUT2D eigenvalue weighted by Gasteiger charge is 2.37. The monoisotopic (exact) mass is 356 g/mol. The second-order valence-corrected chi connectivity index (χ2v) is 6.74. The van der Waals surface area contributed by atoms with E-state index in [0.29, 0.717) is 23.7 Å². The fourth-order valence-electron chi connectivity index (χ4n) is 3.08. The number of nitrogens with one attached hydrogen (secondary N) is 1. The molecule has 1 fully saturated rings. The van der Waals surface area contributed by atoms with Crippen molar-refractivity contribution in [2.24, 2.45) is 5.92 Å². The maximum absolute atomic E-state index is 12.7. The van der Waals surface area contributed by atoms with Gasteiger partial charge in [-0.2, -0.15) is 0 Å². The number of rotatable bonds is 4. The van der Waals surface area contributed by atoms with Crippen LogP contribution in [0.3, 0.4) is 0 Å². The van der Waals surface area contributed by atoms with E-state index in [-0.39, 0.29) is 11.8 Å². The zero-order chi connectivity index (χ0) is 18.0. The van der Waals surface area contributed by atoms with E-state index in [4.69, 9.17) is 11.6 Å². The van der Waals surface area contributed by atoms with Crippen molar-refractivity contribution in [2.45, 2.75) is 26.7 Å². The number of amides is 2. The molecule has 3 rings (SSSR count). The Morgan fingerprint density at radius 1 is 1.24 bits per heavy atom. The second-order valence-electron chi connectivity index (χ2n) is 6.30. The highest BCUT2D eigenvalue weighted by Crippen LogP contribution is 2.27. The average molecular weight is 357 g/mol. The van der Waals surface area contributed by atoms with Gasteiger partial charge in [0.15, 0.2) is 0 Å². The molecule has 2 amide bonds. The average Bonchev–Trinajstić information content (AvgIpc) is 2.99. The third-order valence-corrected chi connectivity index (χ3v) is 4.86. The third kappa shape index (κ3) is 3.69. The predicted molar refractivity (Wildman–Crippen MR) is 101 cm³/mol. The summed E-state index contributed by atoms with van der Waals surface area (Å²) in [5.41, 5.74) is 3.63. The SMILES string of the molecule is CCc1ccc(N2CCC(C(=O)Nc3ccc(Cl)cc3C)C2=O)cc1. The van der Waals surface area contributed by atoms with E-state index in [1.165, 1.54) is 5.56 Å². The molecule has 0 aliphatic carbocycles. The summed E-state index contributed by atoms with van der Waals surface area (Å²) >= 11 is 5.94. The fraction of sp³-hybridized carbons (Fsp3) is 0.300. The van der Waals surface area contributed by atoms with Crippen LogP contribution in [0.2, 0.25) is 5.02 Å². The predicted octanol–water partition coefficient (Wildman–Crippen LogP) is 4.20. The minimum Gasteiger partial charge on any atom is -0.325 e. The van der Waals surface area contributed by atoms with Crippen LogP contribution in [0.25, 0.3) is 0 Å². The largest absolute Gasteiger partial charge is 0.325 e. The first-order chi connectivity index (χ1) is 12.0. The van der Waals surface area contributed by atoms with Gasteiger partial charge in [-0.1, -0.05) is 30.7 Å². The molecule has 0 radical (unpaired) electrons. The number of anilines is 2. The lowest BCUT2D eigenvalue weighted by Gasteiger charge is -2.17. The van der Waals surface area contributed by atoms with E-state index in [1.54, 1.807) is 23.1 Å². The van der Waals surface area contributed by atoms with Crippen LogP contribution >= 0.6 is 11.6 Å². The summed E-state index contributed by atoms with van der Waals surface area (Å²) in [5.74, 6) is -1.06. The van der Waals surface area contributed by atoms with E-state index in [9.17, 15) is 9.59 Å².